The highest BCUT2D eigenvalue weighted by Gasteiger charge is 2.31. The van der Waals surface area contributed by atoms with E-state index in [2.05, 4.69) is 18.0 Å². The Labute approximate surface area is 116 Å². The Kier molecular flexibility index (Phi) is 2.99. The zero-order chi connectivity index (χ0) is 13.4. The lowest BCUT2D eigenvalue weighted by molar-refractivity contribution is 0.0981. The molecule has 1 aliphatic heterocycles. The molecular weight excluding hydrogens is 260 g/mol. The van der Waals surface area contributed by atoms with Gasteiger partial charge in [0.2, 0.25) is 0 Å². The first-order chi connectivity index (χ1) is 9.16. The minimum absolute atomic E-state index is 0.0263. The van der Waals surface area contributed by atoms with Crippen molar-refractivity contribution in [3.05, 3.63) is 58.9 Å². The van der Waals surface area contributed by atoms with E-state index >= 15 is 0 Å². The highest BCUT2D eigenvalue weighted by molar-refractivity contribution is 6.29. The normalized spacial score (nSPS) is 17.4. The van der Waals surface area contributed by atoms with Crippen LogP contribution in [-0.2, 0) is 6.42 Å². The first kappa shape index (κ1) is 12.2. The number of benzene rings is 1. The molecule has 2 heterocycles. The number of pyridine rings is 1. The lowest BCUT2D eigenvalue weighted by atomic mass is 10.1. The van der Waals surface area contributed by atoms with Crippen molar-refractivity contribution in [2.24, 2.45) is 0 Å². The van der Waals surface area contributed by atoms with E-state index in [4.69, 9.17) is 11.6 Å². The number of rotatable bonds is 1. The molecule has 2 aromatic rings. The molecule has 19 heavy (non-hydrogen) atoms. The van der Waals surface area contributed by atoms with Crippen molar-refractivity contribution in [3.8, 4) is 0 Å². The van der Waals surface area contributed by atoms with Crippen LogP contribution in [0.5, 0.6) is 0 Å². The van der Waals surface area contributed by atoms with Gasteiger partial charge in [0.25, 0.3) is 5.91 Å². The largest absolute Gasteiger partial charge is 0.305 e. The number of hydrogen-bond acceptors (Lipinski definition) is 2. The molecule has 0 saturated carbocycles. The van der Waals surface area contributed by atoms with Crippen LogP contribution in [0, 0.1) is 0 Å². The fourth-order valence-electron chi connectivity index (χ4n) is 2.52. The van der Waals surface area contributed by atoms with Gasteiger partial charge in [0.15, 0.2) is 0 Å². The van der Waals surface area contributed by atoms with Crippen molar-refractivity contribution in [1.29, 1.82) is 0 Å². The second-order valence-electron chi connectivity index (χ2n) is 4.73. The Balaban J connectivity index is 1.98. The van der Waals surface area contributed by atoms with Crippen LogP contribution in [0.1, 0.15) is 22.8 Å². The van der Waals surface area contributed by atoms with Gasteiger partial charge < -0.3 is 4.90 Å². The van der Waals surface area contributed by atoms with E-state index in [0.29, 0.717) is 10.7 Å². The van der Waals surface area contributed by atoms with Gasteiger partial charge in [-0.05, 0) is 37.1 Å². The summed E-state index contributed by atoms with van der Waals surface area (Å²) in [6.07, 6.45) is 2.42. The van der Waals surface area contributed by atoms with Crippen molar-refractivity contribution in [2.45, 2.75) is 19.4 Å². The van der Waals surface area contributed by atoms with Crippen molar-refractivity contribution in [2.75, 3.05) is 4.90 Å². The number of halogens is 1. The lowest BCUT2D eigenvalue weighted by Gasteiger charge is -2.22. The fraction of sp³-hybridized carbons (Fsp3) is 0.200. The van der Waals surface area contributed by atoms with E-state index in [9.17, 15) is 4.79 Å². The van der Waals surface area contributed by atoms with Crippen LogP contribution in [0.25, 0.3) is 0 Å². The van der Waals surface area contributed by atoms with Crippen LogP contribution < -0.4 is 4.90 Å². The van der Waals surface area contributed by atoms with Gasteiger partial charge >= 0.3 is 0 Å². The van der Waals surface area contributed by atoms with Crippen LogP contribution in [0.2, 0.25) is 5.15 Å². The SMILES string of the molecule is C[C@@H]1Cc2ccccc2N1C(=O)c1ccc(Cl)nc1. The van der Waals surface area contributed by atoms with E-state index in [1.807, 2.05) is 23.1 Å². The molecule has 0 saturated heterocycles. The summed E-state index contributed by atoms with van der Waals surface area (Å²) in [7, 11) is 0. The van der Waals surface area contributed by atoms with E-state index in [-0.39, 0.29) is 11.9 Å². The van der Waals surface area contributed by atoms with Gasteiger partial charge in [-0.25, -0.2) is 4.98 Å². The first-order valence-corrected chi connectivity index (χ1v) is 6.57. The molecular formula is C15H13ClN2O. The van der Waals surface area contributed by atoms with Gasteiger partial charge in [0.1, 0.15) is 5.15 Å². The molecule has 0 bridgehead atoms. The van der Waals surface area contributed by atoms with Gasteiger partial charge in [-0.15, -0.1) is 0 Å². The molecule has 0 N–H and O–H groups in total. The summed E-state index contributed by atoms with van der Waals surface area (Å²) in [4.78, 5) is 18.4. The summed E-state index contributed by atoms with van der Waals surface area (Å²) in [5, 5.41) is 0.395. The van der Waals surface area contributed by atoms with Crippen LogP contribution in [0.3, 0.4) is 0 Å². The summed E-state index contributed by atoms with van der Waals surface area (Å²) in [6.45, 7) is 2.06. The maximum absolute atomic E-state index is 12.6. The molecule has 1 amide bonds. The number of nitrogens with zero attached hydrogens (tertiary/aromatic N) is 2. The van der Waals surface area contributed by atoms with Gasteiger partial charge in [0.05, 0.1) is 5.56 Å². The molecule has 1 aromatic carbocycles. The topological polar surface area (TPSA) is 33.2 Å². The quantitative estimate of drug-likeness (QED) is 0.746. The molecule has 0 spiro atoms. The van der Waals surface area contributed by atoms with Crippen LogP contribution in [0.15, 0.2) is 42.6 Å². The van der Waals surface area contributed by atoms with E-state index in [0.717, 1.165) is 12.1 Å². The number of hydrogen-bond donors (Lipinski definition) is 0. The average Bonchev–Trinajstić information content (AvgIpc) is 2.74. The van der Waals surface area contributed by atoms with Gasteiger partial charge in [-0.2, -0.15) is 0 Å². The first-order valence-electron chi connectivity index (χ1n) is 6.20. The molecule has 3 rings (SSSR count). The maximum Gasteiger partial charge on any atom is 0.260 e. The second kappa shape index (κ2) is 4.67. The highest BCUT2D eigenvalue weighted by atomic mass is 35.5. The molecule has 1 atom stereocenters. The zero-order valence-electron chi connectivity index (χ0n) is 10.5. The highest BCUT2D eigenvalue weighted by Crippen LogP contribution is 2.32. The number of fused-ring (bicyclic) bond motifs is 1. The molecule has 1 aromatic heterocycles. The number of carbonyl (C=O) groups excluding carboxylic acids is 1. The average molecular weight is 273 g/mol. The Morgan fingerprint density at radius 3 is 2.84 bits per heavy atom. The third kappa shape index (κ3) is 2.10. The molecule has 0 aliphatic carbocycles. The Bertz CT molecular complexity index is 624. The third-order valence-electron chi connectivity index (χ3n) is 3.40. The zero-order valence-corrected chi connectivity index (χ0v) is 11.3. The molecule has 1 aliphatic rings. The van der Waals surface area contributed by atoms with Crippen molar-refractivity contribution in [1.82, 2.24) is 4.98 Å². The van der Waals surface area contributed by atoms with Crippen LogP contribution in [0.4, 0.5) is 5.69 Å². The van der Waals surface area contributed by atoms with Crippen molar-refractivity contribution in [3.63, 3.8) is 0 Å². The summed E-state index contributed by atoms with van der Waals surface area (Å²) in [5.74, 6) is -0.0263. The summed E-state index contributed by atoms with van der Waals surface area (Å²) in [5.41, 5.74) is 2.77. The molecule has 3 nitrogen and oxygen atoms in total. The van der Waals surface area contributed by atoms with E-state index in [1.54, 1.807) is 12.1 Å². The molecule has 96 valence electrons. The Morgan fingerprint density at radius 2 is 2.11 bits per heavy atom. The molecule has 0 unspecified atom stereocenters. The third-order valence-corrected chi connectivity index (χ3v) is 3.62. The predicted octanol–water partition coefficient (Wildman–Crippen LogP) is 3.33. The monoisotopic (exact) mass is 272 g/mol. The van der Waals surface area contributed by atoms with Gasteiger partial charge in [0, 0.05) is 17.9 Å². The number of carbonyl (C=O) groups is 1. The number of anilines is 1. The summed E-state index contributed by atoms with van der Waals surface area (Å²) >= 11 is 5.75. The smallest absolute Gasteiger partial charge is 0.260 e. The van der Waals surface area contributed by atoms with Gasteiger partial charge in [-0.3, -0.25) is 4.79 Å². The number of amides is 1. The number of para-hydroxylation sites is 1. The summed E-state index contributed by atoms with van der Waals surface area (Å²) in [6, 6.07) is 11.5. The maximum atomic E-state index is 12.6. The predicted molar refractivity (Wildman–Crippen MR) is 75.7 cm³/mol. The van der Waals surface area contributed by atoms with Crippen LogP contribution in [-0.4, -0.2) is 16.9 Å². The molecule has 4 heteroatoms. The Morgan fingerprint density at radius 1 is 1.32 bits per heavy atom. The second-order valence-corrected chi connectivity index (χ2v) is 5.11. The fourth-order valence-corrected chi connectivity index (χ4v) is 2.63. The van der Waals surface area contributed by atoms with Crippen molar-refractivity contribution >= 4 is 23.2 Å². The Hall–Kier alpha value is -1.87. The van der Waals surface area contributed by atoms with Gasteiger partial charge in [-0.1, -0.05) is 29.8 Å². The summed E-state index contributed by atoms with van der Waals surface area (Å²) < 4.78 is 0. The molecule has 0 fully saturated rings. The minimum Gasteiger partial charge on any atom is -0.305 e. The minimum atomic E-state index is -0.0263. The van der Waals surface area contributed by atoms with E-state index in [1.165, 1.54) is 11.8 Å². The van der Waals surface area contributed by atoms with Crippen molar-refractivity contribution < 1.29 is 4.79 Å². The lowest BCUT2D eigenvalue weighted by Crippen LogP contribution is -2.35. The van der Waals surface area contributed by atoms with E-state index < -0.39 is 0 Å². The van der Waals surface area contributed by atoms with Crippen LogP contribution >= 0.6 is 11.6 Å². The standard InChI is InChI=1S/C15H13ClN2O/c1-10-8-11-4-2-3-5-13(11)18(10)15(19)12-6-7-14(16)17-9-12/h2-7,9-10H,8H2,1H3/t10-/m1/s1. The number of aromatic nitrogens is 1. The molecule has 0 radical (unpaired) electrons.